The SMILES string of the molecule is O=C(NCCc1ccccn1)N(CCO)CCOCC(F)(F)F. The molecule has 1 rings (SSSR count). The number of halogens is 3. The first kappa shape index (κ1) is 19.2. The van der Waals surface area contributed by atoms with E-state index in [2.05, 4.69) is 15.0 Å². The number of carbonyl (C=O) groups is 1. The van der Waals surface area contributed by atoms with Gasteiger partial charge in [-0.25, -0.2) is 4.79 Å². The smallest absolute Gasteiger partial charge is 0.395 e. The Morgan fingerprint density at radius 2 is 2.13 bits per heavy atom. The molecular weight excluding hydrogens is 315 g/mol. The van der Waals surface area contributed by atoms with Gasteiger partial charge in [-0.15, -0.1) is 0 Å². The van der Waals surface area contributed by atoms with Gasteiger partial charge in [-0.1, -0.05) is 6.07 Å². The molecule has 0 atom stereocenters. The molecule has 2 amide bonds. The summed E-state index contributed by atoms with van der Waals surface area (Å²) in [4.78, 5) is 17.2. The Labute approximate surface area is 132 Å². The van der Waals surface area contributed by atoms with Crippen LogP contribution in [0.25, 0.3) is 0 Å². The topological polar surface area (TPSA) is 74.7 Å². The second kappa shape index (κ2) is 10.0. The first-order chi connectivity index (χ1) is 10.9. The molecule has 130 valence electrons. The number of pyridine rings is 1. The van der Waals surface area contributed by atoms with Gasteiger partial charge in [0.15, 0.2) is 0 Å². The normalized spacial score (nSPS) is 11.3. The third-order valence-electron chi connectivity index (χ3n) is 2.81. The fourth-order valence-electron chi connectivity index (χ4n) is 1.75. The number of nitrogens with zero attached hydrogens (tertiary/aromatic N) is 2. The highest BCUT2D eigenvalue weighted by molar-refractivity contribution is 5.74. The summed E-state index contributed by atoms with van der Waals surface area (Å²) in [5, 5.41) is 11.6. The molecule has 0 aromatic carbocycles. The first-order valence-electron chi connectivity index (χ1n) is 7.10. The number of hydrogen-bond donors (Lipinski definition) is 2. The van der Waals surface area contributed by atoms with E-state index in [9.17, 15) is 18.0 Å². The van der Waals surface area contributed by atoms with Crippen LogP contribution in [0.5, 0.6) is 0 Å². The highest BCUT2D eigenvalue weighted by Gasteiger charge is 2.27. The van der Waals surface area contributed by atoms with Gasteiger partial charge in [-0.2, -0.15) is 13.2 Å². The number of hydrogen-bond acceptors (Lipinski definition) is 4. The van der Waals surface area contributed by atoms with Crippen LogP contribution < -0.4 is 5.32 Å². The van der Waals surface area contributed by atoms with Crippen LogP contribution in [0, 0.1) is 0 Å². The summed E-state index contributed by atoms with van der Waals surface area (Å²) in [7, 11) is 0. The quantitative estimate of drug-likeness (QED) is 0.665. The number of aliphatic hydroxyl groups is 1. The summed E-state index contributed by atoms with van der Waals surface area (Å²) in [6, 6.07) is 4.97. The molecule has 0 saturated carbocycles. The molecule has 9 heteroatoms. The van der Waals surface area contributed by atoms with Gasteiger partial charge in [0.25, 0.3) is 0 Å². The van der Waals surface area contributed by atoms with E-state index in [1.807, 2.05) is 12.1 Å². The molecule has 0 aliphatic rings. The van der Waals surface area contributed by atoms with E-state index >= 15 is 0 Å². The lowest BCUT2D eigenvalue weighted by molar-refractivity contribution is -0.174. The Morgan fingerprint density at radius 1 is 1.35 bits per heavy atom. The molecule has 0 aliphatic heterocycles. The summed E-state index contributed by atoms with van der Waals surface area (Å²) >= 11 is 0. The number of rotatable bonds is 9. The van der Waals surface area contributed by atoms with Crippen molar-refractivity contribution < 1.29 is 27.8 Å². The van der Waals surface area contributed by atoms with Crippen LogP contribution in [-0.4, -0.2) is 66.7 Å². The zero-order valence-corrected chi connectivity index (χ0v) is 12.6. The molecule has 0 radical (unpaired) electrons. The number of aromatic nitrogens is 1. The predicted molar refractivity (Wildman–Crippen MR) is 76.9 cm³/mol. The van der Waals surface area contributed by atoms with Gasteiger partial charge in [0.2, 0.25) is 0 Å². The van der Waals surface area contributed by atoms with E-state index in [-0.39, 0.29) is 26.3 Å². The number of ether oxygens (including phenoxy) is 1. The van der Waals surface area contributed by atoms with Gasteiger partial charge in [-0.3, -0.25) is 4.98 Å². The largest absolute Gasteiger partial charge is 0.411 e. The van der Waals surface area contributed by atoms with Crippen LogP contribution in [0.15, 0.2) is 24.4 Å². The maximum Gasteiger partial charge on any atom is 0.411 e. The average Bonchev–Trinajstić information content (AvgIpc) is 2.50. The maximum atomic E-state index is 12.0. The van der Waals surface area contributed by atoms with Crippen LogP contribution >= 0.6 is 0 Å². The minimum absolute atomic E-state index is 0.0186. The molecule has 23 heavy (non-hydrogen) atoms. The fourth-order valence-corrected chi connectivity index (χ4v) is 1.75. The standard InChI is InChI=1S/C14H20F3N3O3/c15-14(16,17)11-23-10-8-20(7-9-21)13(22)19-6-4-12-3-1-2-5-18-12/h1-3,5,21H,4,6-11H2,(H,19,22). The molecule has 0 spiro atoms. The van der Waals surface area contributed by atoms with Crippen molar-refractivity contribution >= 4 is 6.03 Å². The Balaban J connectivity index is 2.30. The van der Waals surface area contributed by atoms with Crippen molar-refractivity contribution in [2.24, 2.45) is 0 Å². The molecule has 6 nitrogen and oxygen atoms in total. The summed E-state index contributed by atoms with van der Waals surface area (Å²) < 4.78 is 40.3. The molecule has 1 heterocycles. The number of amides is 2. The number of urea groups is 1. The van der Waals surface area contributed by atoms with Crippen LogP contribution in [0.1, 0.15) is 5.69 Å². The van der Waals surface area contributed by atoms with Crippen molar-refractivity contribution in [3.05, 3.63) is 30.1 Å². The second-order valence-corrected chi connectivity index (χ2v) is 4.68. The Morgan fingerprint density at radius 3 is 2.74 bits per heavy atom. The lowest BCUT2D eigenvalue weighted by Gasteiger charge is -2.22. The Hall–Kier alpha value is -1.87. The Kier molecular flexibility index (Phi) is 8.35. The van der Waals surface area contributed by atoms with Crippen LogP contribution in [0.2, 0.25) is 0 Å². The summed E-state index contributed by atoms with van der Waals surface area (Å²) in [5.74, 6) is 0. The van der Waals surface area contributed by atoms with Crippen molar-refractivity contribution in [1.82, 2.24) is 15.2 Å². The van der Waals surface area contributed by atoms with Crippen molar-refractivity contribution in [2.75, 3.05) is 39.5 Å². The van der Waals surface area contributed by atoms with Gasteiger partial charge in [0.1, 0.15) is 6.61 Å². The molecule has 0 aliphatic carbocycles. The van der Waals surface area contributed by atoms with Crippen molar-refractivity contribution in [3.8, 4) is 0 Å². The van der Waals surface area contributed by atoms with Gasteiger partial charge in [0, 0.05) is 37.9 Å². The summed E-state index contributed by atoms with van der Waals surface area (Å²) in [6.45, 7) is -1.58. The number of nitrogens with one attached hydrogen (secondary N) is 1. The van der Waals surface area contributed by atoms with E-state index in [0.29, 0.717) is 13.0 Å². The van der Waals surface area contributed by atoms with Crippen molar-refractivity contribution in [1.29, 1.82) is 0 Å². The third-order valence-corrected chi connectivity index (χ3v) is 2.81. The van der Waals surface area contributed by atoms with E-state index in [1.165, 1.54) is 4.90 Å². The molecule has 1 aromatic heterocycles. The first-order valence-corrected chi connectivity index (χ1v) is 7.10. The lowest BCUT2D eigenvalue weighted by Crippen LogP contribution is -2.44. The van der Waals surface area contributed by atoms with E-state index < -0.39 is 18.8 Å². The fraction of sp³-hybridized carbons (Fsp3) is 0.571. The minimum atomic E-state index is -4.40. The monoisotopic (exact) mass is 335 g/mol. The maximum absolute atomic E-state index is 12.0. The molecule has 1 aromatic rings. The van der Waals surface area contributed by atoms with E-state index in [4.69, 9.17) is 5.11 Å². The van der Waals surface area contributed by atoms with Crippen molar-refractivity contribution in [2.45, 2.75) is 12.6 Å². The minimum Gasteiger partial charge on any atom is -0.395 e. The number of carbonyl (C=O) groups excluding carboxylic acids is 1. The molecule has 0 unspecified atom stereocenters. The van der Waals surface area contributed by atoms with Crippen molar-refractivity contribution in [3.63, 3.8) is 0 Å². The molecule has 0 bridgehead atoms. The van der Waals surface area contributed by atoms with Gasteiger partial charge >= 0.3 is 12.2 Å². The van der Waals surface area contributed by atoms with Gasteiger partial charge in [0.05, 0.1) is 13.2 Å². The zero-order chi connectivity index (χ0) is 17.1. The summed E-state index contributed by atoms with van der Waals surface area (Å²) in [5.41, 5.74) is 0.815. The summed E-state index contributed by atoms with van der Waals surface area (Å²) in [6.07, 6.45) is -2.22. The van der Waals surface area contributed by atoms with Crippen LogP contribution in [0.3, 0.4) is 0 Å². The molecule has 0 fully saturated rings. The van der Waals surface area contributed by atoms with Gasteiger partial charge in [-0.05, 0) is 12.1 Å². The number of alkyl halides is 3. The Bertz CT molecular complexity index is 458. The second-order valence-electron chi connectivity index (χ2n) is 4.68. The van der Waals surface area contributed by atoms with Crippen LogP contribution in [-0.2, 0) is 11.2 Å². The highest BCUT2D eigenvalue weighted by Crippen LogP contribution is 2.14. The zero-order valence-electron chi connectivity index (χ0n) is 12.6. The lowest BCUT2D eigenvalue weighted by atomic mass is 10.3. The molecule has 2 N–H and O–H groups in total. The molecule has 0 saturated heterocycles. The van der Waals surface area contributed by atoms with E-state index in [1.54, 1.807) is 12.3 Å². The third kappa shape index (κ3) is 8.99. The van der Waals surface area contributed by atoms with Crippen LogP contribution in [0.4, 0.5) is 18.0 Å². The molecular formula is C14H20F3N3O3. The van der Waals surface area contributed by atoms with E-state index in [0.717, 1.165) is 5.69 Å². The van der Waals surface area contributed by atoms with Gasteiger partial charge < -0.3 is 20.1 Å². The average molecular weight is 335 g/mol. The highest BCUT2D eigenvalue weighted by atomic mass is 19.4. The number of aliphatic hydroxyl groups excluding tert-OH is 1. The predicted octanol–water partition coefficient (Wildman–Crippen LogP) is 1.21.